The Morgan fingerprint density at radius 2 is 1.76 bits per heavy atom. The summed E-state index contributed by atoms with van der Waals surface area (Å²) in [7, 11) is 0. The predicted octanol–water partition coefficient (Wildman–Crippen LogP) is 4.60. The molecule has 0 aliphatic carbocycles. The molecule has 0 N–H and O–H groups in total. The molecular formula is C25H21FN4O4. The van der Waals surface area contributed by atoms with Crippen LogP contribution in [0.2, 0.25) is 0 Å². The van der Waals surface area contributed by atoms with E-state index >= 15 is 0 Å². The number of nitrogens with zero attached hydrogens (tertiary/aromatic N) is 4. The minimum Gasteiger partial charge on any atom is -0.339 e. The second kappa shape index (κ2) is 10.5. The van der Waals surface area contributed by atoms with Crippen LogP contribution in [0.1, 0.15) is 17.0 Å². The Hall–Kier alpha value is -4.40. The largest absolute Gasteiger partial charge is 0.339 e. The number of hydrogen-bond acceptors (Lipinski definition) is 6. The van der Waals surface area contributed by atoms with E-state index in [0.29, 0.717) is 31.0 Å². The lowest BCUT2D eigenvalue weighted by Gasteiger charge is -2.22. The van der Waals surface area contributed by atoms with Crippen molar-refractivity contribution in [2.24, 2.45) is 0 Å². The van der Waals surface area contributed by atoms with Gasteiger partial charge in [0.1, 0.15) is 5.82 Å². The molecule has 9 heteroatoms. The van der Waals surface area contributed by atoms with Crippen molar-refractivity contribution in [2.45, 2.75) is 19.4 Å². The Kier molecular flexibility index (Phi) is 7.02. The van der Waals surface area contributed by atoms with E-state index in [0.717, 1.165) is 11.1 Å². The summed E-state index contributed by atoms with van der Waals surface area (Å²) in [6, 6.07) is 21.4. The summed E-state index contributed by atoms with van der Waals surface area (Å²) in [4.78, 5) is 29.6. The first-order chi connectivity index (χ1) is 16.5. The normalized spacial score (nSPS) is 10.7. The van der Waals surface area contributed by atoms with Crippen molar-refractivity contribution >= 4 is 11.6 Å². The molecule has 4 aromatic rings. The second-order valence-corrected chi connectivity index (χ2v) is 7.67. The van der Waals surface area contributed by atoms with E-state index in [9.17, 15) is 19.3 Å². The summed E-state index contributed by atoms with van der Waals surface area (Å²) in [5.74, 6) is 0.0854. The molecule has 1 heterocycles. The standard InChI is InChI=1S/C25H21FN4O4/c26-21-11-9-18(10-12-21)15-24(31)29(17-19-5-2-1-3-6-19)14-13-23-27-25(28-34-23)20-7-4-8-22(16-20)30(32)33/h1-12,16H,13-15,17H2. The van der Waals surface area contributed by atoms with Gasteiger partial charge >= 0.3 is 0 Å². The summed E-state index contributed by atoms with van der Waals surface area (Å²) in [6.07, 6.45) is 0.444. The minimum atomic E-state index is -0.487. The van der Waals surface area contributed by atoms with E-state index in [1.807, 2.05) is 30.3 Å². The molecule has 0 spiro atoms. The van der Waals surface area contributed by atoms with Crippen LogP contribution >= 0.6 is 0 Å². The van der Waals surface area contributed by atoms with Crippen LogP contribution in [-0.2, 0) is 24.2 Å². The number of aromatic nitrogens is 2. The van der Waals surface area contributed by atoms with Crippen molar-refractivity contribution in [3.05, 3.63) is 112 Å². The van der Waals surface area contributed by atoms with Crippen LogP contribution in [0.25, 0.3) is 11.4 Å². The first-order valence-corrected chi connectivity index (χ1v) is 10.6. The highest BCUT2D eigenvalue weighted by atomic mass is 19.1. The monoisotopic (exact) mass is 460 g/mol. The van der Waals surface area contributed by atoms with Crippen LogP contribution < -0.4 is 0 Å². The number of non-ortho nitro benzene ring substituents is 1. The third-order valence-electron chi connectivity index (χ3n) is 5.22. The highest BCUT2D eigenvalue weighted by Crippen LogP contribution is 2.21. The fraction of sp³-hybridized carbons (Fsp3) is 0.160. The fourth-order valence-corrected chi connectivity index (χ4v) is 3.45. The quantitative estimate of drug-likeness (QED) is 0.267. The van der Waals surface area contributed by atoms with Gasteiger partial charge in [0, 0.05) is 37.2 Å². The number of nitro benzene ring substituents is 1. The molecule has 0 saturated carbocycles. The lowest BCUT2D eigenvalue weighted by atomic mass is 10.1. The van der Waals surface area contributed by atoms with Gasteiger partial charge in [0.15, 0.2) is 0 Å². The molecule has 0 aliphatic rings. The maximum atomic E-state index is 13.2. The molecule has 0 atom stereocenters. The number of benzene rings is 3. The minimum absolute atomic E-state index is 0.0655. The number of halogens is 1. The van der Waals surface area contributed by atoms with E-state index in [2.05, 4.69) is 10.1 Å². The molecule has 0 unspecified atom stereocenters. The van der Waals surface area contributed by atoms with Crippen LogP contribution in [0.3, 0.4) is 0 Å². The Balaban J connectivity index is 1.47. The summed E-state index contributed by atoms with van der Waals surface area (Å²) in [5, 5.41) is 14.9. The lowest BCUT2D eigenvalue weighted by molar-refractivity contribution is -0.384. The number of rotatable bonds is 9. The first-order valence-electron chi connectivity index (χ1n) is 10.6. The van der Waals surface area contributed by atoms with E-state index in [4.69, 9.17) is 4.52 Å². The predicted molar refractivity (Wildman–Crippen MR) is 122 cm³/mol. The van der Waals surface area contributed by atoms with Gasteiger partial charge in [0.2, 0.25) is 17.6 Å². The van der Waals surface area contributed by atoms with Crippen molar-refractivity contribution in [2.75, 3.05) is 6.54 Å². The number of amides is 1. The third-order valence-corrected chi connectivity index (χ3v) is 5.22. The van der Waals surface area contributed by atoms with E-state index in [1.165, 1.54) is 24.3 Å². The van der Waals surface area contributed by atoms with Crippen LogP contribution in [0, 0.1) is 15.9 Å². The number of hydrogen-bond donors (Lipinski definition) is 0. The van der Waals surface area contributed by atoms with Gasteiger partial charge in [-0.25, -0.2) is 4.39 Å². The van der Waals surface area contributed by atoms with Crippen molar-refractivity contribution in [3.8, 4) is 11.4 Å². The molecule has 3 aromatic carbocycles. The number of carbonyl (C=O) groups is 1. The molecule has 0 fully saturated rings. The van der Waals surface area contributed by atoms with Crippen LogP contribution in [0.5, 0.6) is 0 Å². The first kappa shape index (κ1) is 22.8. The van der Waals surface area contributed by atoms with Gasteiger partial charge in [-0.3, -0.25) is 14.9 Å². The van der Waals surface area contributed by atoms with Crippen molar-refractivity contribution < 1.29 is 18.6 Å². The van der Waals surface area contributed by atoms with E-state index in [1.54, 1.807) is 29.2 Å². The molecule has 0 aliphatic heterocycles. The maximum Gasteiger partial charge on any atom is 0.270 e. The Morgan fingerprint density at radius 3 is 2.50 bits per heavy atom. The number of carbonyl (C=O) groups excluding carboxylic acids is 1. The molecule has 0 bridgehead atoms. The zero-order valence-corrected chi connectivity index (χ0v) is 18.1. The van der Waals surface area contributed by atoms with Gasteiger partial charge in [-0.2, -0.15) is 4.98 Å². The van der Waals surface area contributed by atoms with Crippen LogP contribution in [0.15, 0.2) is 83.4 Å². The van der Waals surface area contributed by atoms with Gasteiger partial charge < -0.3 is 9.42 Å². The summed E-state index contributed by atoms with van der Waals surface area (Å²) < 4.78 is 18.5. The summed E-state index contributed by atoms with van der Waals surface area (Å²) in [5.41, 5.74) is 2.09. The van der Waals surface area contributed by atoms with Gasteiger partial charge in [-0.1, -0.05) is 59.8 Å². The average Bonchev–Trinajstić information content (AvgIpc) is 3.33. The van der Waals surface area contributed by atoms with Gasteiger partial charge in [0.25, 0.3) is 5.69 Å². The summed E-state index contributed by atoms with van der Waals surface area (Å²) in [6.45, 7) is 0.720. The molecule has 8 nitrogen and oxygen atoms in total. The molecular weight excluding hydrogens is 439 g/mol. The molecule has 34 heavy (non-hydrogen) atoms. The fourth-order valence-electron chi connectivity index (χ4n) is 3.45. The summed E-state index contributed by atoms with van der Waals surface area (Å²) >= 11 is 0. The van der Waals surface area contributed by atoms with Crippen molar-refractivity contribution in [1.29, 1.82) is 0 Å². The maximum absolute atomic E-state index is 13.2. The molecule has 4 rings (SSSR count). The van der Waals surface area contributed by atoms with Gasteiger partial charge in [0.05, 0.1) is 11.3 Å². The molecule has 0 radical (unpaired) electrons. The van der Waals surface area contributed by atoms with Gasteiger partial charge in [-0.15, -0.1) is 0 Å². The molecule has 1 aromatic heterocycles. The number of nitro groups is 1. The third kappa shape index (κ3) is 5.89. The molecule has 1 amide bonds. The van der Waals surface area contributed by atoms with E-state index < -0.39 is 4.92 Å². The Bertz CT molecular complexity index is 1280. The smallest absolute Gasteiger partial charge is 0.270 e. The average molecular weight is 460 g/mol. The van der Waals surface area contributed by atoms with Gasteiger partial charge in [-0.05, 0) is 23.3 Å². The topological polar surface area (TPSA) is 102 Å². The zero-order valence-electron chi connectivity index (χ0n) is 18.1. The zero-order chi connectivity index (χ0) is 23.9. The van der Waals surface area contributed by atoms with Crippen LogP contribution in [0.4, 0.5) is 10.1 Å². The van der Waals surface area contributed by atoms with E-state index in [-0.39, 0.29) is 29.7 Å². The lowest BCUT2D eigenvalue weighted by Crippen LogP contribution is -2.33. The molecule has 0 saturated heterocycles. The van der Waals surface area contributed by atoms with Crippen LogP contribution in [-0.4, -0.2) is 32.4 Å². The van der Waals surface area contributed by atoms with Crippen molar-refractivity contribution in [1.82, 2.24) is 15.0 Å². The molecule has 172 valence electrons. The SMILES string of the molecule is O=C(Cc1ccc(F)cc1)N(CCc1nc(-c2cccc([N+](=O)[O-])c2)no1)Cc1ccccc1. The highest BCUT2D eigenvalue weighted by Gasteiger charge is 2.18. The Morgan fingerprint density at radius 1 is 1.00 bits per heavy atom. The second-order valence-electron chi connectivity index (χ2n) is 7.67. The highest BCUT2D eigenvalue weighted by molar-refractivity contribution is 5.78. The Labute approximate surface area is 194 Å². The van der Waals surface area contributed by atoms with Crippen molar-refractivity contribution in [3.63, 3.8) is 0 Å².